The molecule has 0 saturated heterocycles. The van der Waals surface area contributed by atoms with Crippen molar-refractivity contribution in [1.29, 1.82) is 0 Å². The first-order chi connectivity index (χ1) is 14.1. The van der Waals surface area contributed by atoms with Crippen LogP contribution in [0.5, 0.6) is 5.75 Å². The van der Waals surface area contributed by atoms with Crippen molar-refractivity contribution in [3.63, 3.8) is 0 Å². The van der Waals surface area contributed by atoms with E-state index in [1.807, 2.05) is 43.3 Å². The molecule has 6 nitrogen and oxygen atoms in total. The number of hydrogen-bond donors (Lipinski definition) is 1. The van der Waals surface area contributed by atoms with E-state index in [0.29, 0.717) is 28.7 Å². The van der Waals surface area contributed by atoms with Crippen LogP contribution in [0.1, 0.15) is 15.9 Å². The number of nitrogens with one attached hydrogen (secondary N) is 1. The number of methoxy groups -OCH3 is 1. The normalized spacial score (nSPS) is 10.6. The van der Waals surface area contributed by atoms with Crippen LogP contribution < -0.4 is 10.1 Å². The molecule has 0 aliphatic carbocycles. The summed E-state index contributed by atoms with van der Waals surface area (Å²) in [4.78, 5) is 16.8. The number of hydrogen-bond acceptors (Lipinski definition) is 5. The van der Waals surface area contributed by atoms with Crippen LogP contribution in [0, 0.1) is 6.92 Å². The van der Waals surface area contributed by atoms with Crippen molar-refractivity contribution in [3.05, 3.63) is 83.9 Å². The first kappa shape index (κ1) is 18.4. The van der Waals surface area contributed by atoms with E-state index in [0.717, 1.165) is 16.7 Å². The van der Waals surface area contributed by atoms with E-state index in [-0.39, 0.29) is 5.91 Å². The fourth-order valence-electron chi connectivity index (χ4n) is 2.88. The highest BCUT2D eigenvalue weighted by atomic mass is 16.5. The summed E-state index contributed by atoms with van der Waals surface area (Å²) in [5, 5.41) is 6.93. The molecular weight excluding hydrogens is 366 g/mol. The number of nitrogens with zero attached hydrogens (tertiary/aromatic N) is 2. The van der Waals surface area contributed by atoms with Crippen LogP contribution in [0.2, 0.25) is 0 Å². The highest BCUT2D eigenvalue weighted by Gasteiger charge is 2.11. The Morgan fingerprint density at radius 1 is 0.966 bits per heavy atom. The number of benzene rings is 3. The summed E-state index contributed by atoms with van der Waals surface area (Å²) >= 11 is 0. The van der Waals surface area contributed by atoms with Crippen molar-refractivity contribution in [2.45, 2.75) is 6.92 Å². The molecule has 6 heteroatoms. The van der Waals surface area contributed by atoms with E-state index < -0.39 is 0 Å². The molecule has 0 saturated carbocycles. The van der Waals surface area contributed by atoms with Crippen molar-refractivity contribution >= 4 is 11.6 Å². The van der Waals surface area contributed by atoms with E-state index in [1.54, 1.807) is 43.5 Å². The number of rotatable bonds is 5. The van der Waals surface area contributed by atoms with E-state index in [1.165, 1.54) is 0 Å². The van der Waals surface area contributed by atoms with E-state index in [9.17, 15) is 4.79 Å². The minimum Gasteiger partial charge on any atom is -0.497 e. The summed E-state index contributed by atoms with van der Waals surface area (Å²) in [5.41, 5.74) is 4.04. The highest BCUT2D eigenvalue weighted by molar-refractivity contribution is 6.04. The Morgan fingerprint density at radius 3 is 2.41 bits per heavy atom. The number of aryl methyl sites for hydroxylation is 1. The largest absolute Gasteiger partial charge is 0.497 e. The summed E-state index contributed by atoms with van der Waals surface area (Å²) < 4.78 is 10.5. The van der Waals surface area contributed by atoms with Crippen LogP contribution in [-0.4, -0.2) is 23.2 Å². The van der Waals surface area contributed by atoms with Gasteiger partial charge in [-0.25, -0.2) is 0 Å². The highest BCUT2D eigenvalue weighted by Crippen LogP contribution is 2.24. The van der Waals surface area contributed by atoms with Crippen LogP contribution in [0.15, 0.2) is 77.3 Å². The molecule has 0 atom stereocenters. The van der Waals surface area contributed by atoms with Crippen LogP contribution in [0.25, 0.3) is 22.8 Å². The standard InChI is InChI=1S/C23H19N3O3/c1-15-4-3-5-18(14-15)21-25-23(29-26-21)17-6-10-19(11-7-17)24-22(27)16-8-12-20(28-2)13-9-16/h3-14H,1-2H3,(H,24,27). The molecule has 144 valence electrons. The molecule has 0 radical (unpaired) electrons. The van der Waals surface area contributed by atoms with Gasteiger partial charge < -0.3 is 14.6 Å². The van der Waals surface area contributed by atoms with Crippen molar-refractivity contribution in [3.8, 4) is 28.6 Å². The third-order valence-electron chi connectivity index (χ3n) is 4.44. The topological polar surface area (TPSA) is 77.2 Å². The second-order valence-corrected chi connectivity index (χ2v) is 6.55. The van der Waals surface area contributed by atoms with Gasteiger partial charge in [-0.1, -0.05) is 28.9 Å². The minimum atomic E-state index is -0.195. The van der Waals surface area contributed by atoms with E-state index >= 15 is 0 Å². The number of aromatic nitrogens is 2. The maximum Gasteiger partial charge on any atom is 0.258 e. The summed E-state index contributed by atoms with van der Waals surface area (Å²) in [5.74, 6) is 1.48. The van der Waals surface area contributed by atoms with Crippen molar-refractivity contribution in [2.75, 3.05) is 12.4 Å². The zero-order valence-corrected chi connectivity index (χ0v) is 16.0. The molecule has 1 N–H and O–H groups in total. The lowest BCUT2D eigenvalue weighted by Crippen LogP contribution is -2.11. The maximum absolute atomic E-state index is 12.4. The van der Waals surface area contributed by atoms with Gasteiger partial charge in [0.05, 0.1) is 7.11 Å². The van der Waals surface area contributed by atoms with E-state index in [2.05, 4.69) is 15.5 Å². The van der Waals surface area contributed by atoms with Crippen molar-refractivity contribution < 1.29 is 14.1 Å². The van der Waals surface area contributed by atoms with Gasteiger partial charge in [-0.2, -0.15) is 4.98 Å². The zero-order valence-electron chi connectivity index (χ0n) is 16.0. The molecule has 1 heterocycles. The van der Waals surface area contributed by atoms with Gasteiger partial charge in [0.15, 0.2) is 0 Å². The molecule has 0 fully saturated rings. The summed E-state index contributed by atoms with van der Waals surface area (Å²) in [6, 6.07) is 22.1. The van der Waals surface area contributed by atoms with Crippen LogP contribution in [0.4, 0.5) is 5.69 Å². The molecule has 0 aliphatic rings. The van der Waals surface area contributed by atoms with Crippen LogP contribution in [0.3, 0.4) is 0 Å². The number of ether oxygens (including phenoxy) is 1. The van der Waals surface area contributed by atoms with Gasteiger partial charge in [0, 0.05) is 22.4 Å². The fourth-order valence-corrected chi connectivity index (χ4v) is 2.88. The van der Waals surface area contributed by atoms with Gasteiger partial charge in [0.2, 0.25) is 5.82 Å². The molecule has 1 amide bonds. The first-order valence-corrected chi connectivity index (χ1v) is 9.09. The average Bonchev–Trinajstić information content (AvgIpc) is 3.25. The second kappa shape index (κ2) is 7.98. The Bertz CT molecular complexity index is 1130. The maximum atomic E-state index is 12.4. The number of amides is 1. The molecule has 1 aromatic heterocycles. The Kier molecular flexibility index (Phi) is 5.07. The van der Waals surface area contributed by atoms with Gasteiger partial charge in [-0.15, -0.1) is 0 Å². The fraction of sp³-hybridized carbons (Fsp3) is 0.0870. The van der Waals surface area contributed by atoms with Gasteiger partial charge >= 0.3 is 0 Å². The monoisotopic (exact) mass is 385 g/mol. The van der Waals surface area contributed by atoms with Crippen LogP contribution in [-0.2, 0) is 0 Å². The molecule has 0 spiro atoms. The number of carbonyl (C=O) groups is 1. The van der Waals surface area contributed by atoms with Gasteiger partial charge in [0.25, 0.3) is 11.8 Å². The second-order valence-electron chi connectivity index (χ2n) is 6.55. The Labute approximate surface area is 168 Å². The third kappa shape index (κ3) is 4.16. The number of anilines is 1. The molecule has 29 heavy (non-hydrogen) atoms. The summed E-state index contributed by atoms with van der Waals surface area (Å²) in [6.45, 7) is 2.02. The lowest BCUT2D eigenvalue weighted by molar-refractivity contribution is 0.102. The molecule has 4 rings (SSSR count). The SMILES string of the molecule is COc1ccc(C(=O)Nc2ccc(-c3nc(-c4cccc(C)c4)no3)cc2)cc1. The van der Waals surface area contributed by atoms with Crippen molar-refractivity contribution in [1.82, 2.24) is 10.1 Å². The van der Waals surface area contributed by atoms with Gasteiger partial charge in [-0.3, -0.25) is 4.79 Å². The van der Waals surface area contributed by atoms with Crippen LogP contribution >= 0.6 is 0 Å². The zero-order chi connectivity index (χ0) is 20.2. The Balaban J connectivity index is 1.47. The smallest absolute Gasteiger partial charge is 0.258 e. The minimum absolute atomic E-state index is 0.195. The molecule has 0 unspecified atom stereocenters. The average molecular weight is 385 g/mol. The van der Waals surface area contributed by atoms with Crippen molar-refractivity contribution in [2.24, 2.45) is 0 Å². The Hall–Kier alpha value is -3.93. The Morgan fingerprint density at radius 2 is 1.72 bits per heavy atom. The predicted molar refractivity (Wildman–Crippen MR) is 111 cm³/mol. The molecular formula is C23H19N3O3. The van der Waals surface area contributed by atoms with E-state index in [4.69, 9.17) is 9.26 Å². The third-order valence-corrected chi connectivity index (χ3v) is 4.44. The quantitative estimate of drug-likeness (QED) is 0.525. The predicted octanol–water partition coefficient (Wildman–Crippen LogP) is 4.97. The first-order valence-electron chi connectivity index (χ1n) is 9.09. The van der Waals surface area contributed by atoms with Gasteiger partial charge in [0.1, 0.15) is 5.75 Å². The van der Waals surface area contributed by atoms with Gasteiger partial charge in [-0.05, 0) is 61.5 Å². The molecule has 0 bridgehead atoms. The molecule has 0 aliphatic heterocycles. The lowest BCUT2D eigenvalue weighted by Gasteiger charge is -2.06. The lowest BCUT2D eigenvalue weighted by atomic mass is 10.1. The summed E-state index contributed by atoms with van der Waals surface area (Å²) in [6.07, 6.45) is 0. The number of carbonyl (C=O) groups excluding carboxylic acids is 1. The molecule has 4 aromatic rings. The molecule has 3 aromatic carbocycles. The summed E-state index contributed by atoms with van der Waals surface area (Å²) in [7, 11) is 1.59.